The molecule has 2 rings (SSSR count). The Bertz CT molecular complexity index is 574. The molecular weight excluding hydrogens is 293 g/mol. The van der Waals surface area contributed by atoms with Crippen LogP contribution >= 0.6 is 0 Å². The van der Waals surface area contributed by atoms with E-state index >= 15 is 0 Å². The highest BCUT2D eigenvalue weighted by Crippen LogP contribution is 2.28. The third kappa shape index (κ3) is 3.63. The summed E-state index contributed by atoms with van der Waals surface area (Å²) < 4.78 is 41.4. The molecule has 0 aromatic heterocycles. The predicted octanol–water partition coefficient (Wildman–Crippen LogP) is 0.670. The molecule has 9 heteroatoms. The topological polar surface area (TPSA) is 87.7 Å². The summed E-state index contributed by atoms with van der Waals surface area (Å²) in [6, 6.07) is 4.04. The Labute approximate surface area is 116 Å². The maximum atomic E-state index is 12.1. The quantitative estimate of drug-likeness (QED) is 0.766. The fourth-order valence-corrected chi connectivity index (χ4v) is 1.63. The molecule has 1 atom stereocenters. The third-order valence-electron chi connectivity index (χ3n) is 2.71. The van der Waals surface area contributed by atoms with Crippen LogP contribution in [-0.4, -0.2) is 42.4 Å². The lowest BCUT2D eigenvalue weighted by Gasteiger charge is -2.19. The standard InChI is InChI=1S/C12H11F3N2O4/c13-12(14,15)9(18)4-16-11(20)6-1-2-8-7(3-6)17-10(19)5-21-8/h1-3,9,18H,4-5H2,(H,16,20)(H,17,19). The molecule has 114 valence electrons. The number of alkyl halides is 3. The molecule has 1 aliphatic heterocycles. The number of hydrogen-bond donors (Lipinski definition) is 3. The summed E-state index contributed by atoms with van der Waals surface area (Å²) in [5, 5.41) is 13.2. The summed E-state index contributed by atoms with van der Waals surface area (Å²) in [6.45, 7) is -1.10. The minimum Gasteiger partial charge on any atom is -0.482 e. The van der Waals surface area contributed by atoms with Gasteiger partial charge < -0.3 is 20.5 Å². The molecule has 2 amide bonds. The lowest BCUT2D eigenvalue weighted by atomic mass is 10.1. The van der Waals surface area contributed by atoms with Crippen LogP contribution in [0.25, 0.3) is 0 Å². The Balaban J connectivity index is 2.03. The number of fused-ring (bicyclic) bond motifs is 1. The van der Waals surface area contributed by atoms with Crippen LogP contribution in [0.2, 0.25) is 0 Å². The van der Waals surface area contributed by atoms with Crippen molar-refractivity contribution in [2.24, 2.45) is 0 Å². The van der Waals surface area contributed by atoms with Crippen molar-refractivity contribution in [3.8, 4) is 5.75 Å². The summed E-state index contributed by atoms with van der Waals surface area (Å²) in [6.07, 6.45) is -7.44. The minimum atomic E-state index is -4.80. The first-order valence-corrected chi connectivity index (χ1v) is 5.87. The van der Waals surface area contributed by atoms with E-state index in [0.29, 0.717) is 5.75 Å². The summed E-state index contributed by atoms with van der Waals surface area (Å²) in [5.74, 6) is -0.838. The number of amides is 2. The van der Waals surface area contributed by atoms with Gasteiger partial charge in [0.1, 0.15) is 5.75 Å². The van der Waals surface area contributed by atoms with Crippen LogP contribution in [0.4, 0.5) is 18.9 Å². The first kappa shape index (κ1) is 15.1. The van der Waals surface area contributed by atoms with E-state index in [1.165, 1.54) is 18.2 Å². The lowest BCUT2D eigenvalue weighted by Crippen LogP contribution is -2.40. The van der Waals surface area contributed by atoms with Gasteiger partial charge in [-0.1, -0.05) is 0 Å². The van der Waals surface area contributed by atoms with E-state index in [4.69, 9.17) is 9.84 Å². The first-order chi connectivity index (χ1) is 9.77. The number of anilines is 1. The Morgan fingerprint density at radius 1 is 1.48 bits per heavy atom. The van der Waals surface area contributed by atoms with Crippen LogP contribution in [0.15, 0.2) is 18.2 Å². The fraction of sp³-hybridized carbons (Fsp3) is 0.333. The van der Waals surface area contributed by atoms with Gasteiger partial charge in [-0.25, -0.2) is 0 Å². The van der Waals surface area contributed by atoms with E-state index in [1.807, 2.05) is 5.32 Å². The average Bonchev–Trinajstić information content (AvgIpc) is 2.42. The molecule has 0 aliphatic carbocycles. The second-order valence-corrected chi connectivity index (χ2v) is 4.32. The highest BCUT2D eigenvalue weighted by molar-refractivity contribution is 5.99. The Hall–Kier alpha value is -2.29. The van der Waals surface area contributed by atoms with Gasteiger partial charge in [0.05, 0.1) is 12.2 Å². The second-order valence-electron chi connectivity index (χ2n) is 4.32. The maximum Gasteiger partial charge on any atom is 0.416 e. The number of rotatable bonds is 3. The molecule has 1 heterocycles. The molecule has 0 radical (unpaired) electrons. The molecule has 1 aliphatic rings. The number of aliphatic hydroxyl groups excluding tert-OH is 1. The number of carbonyl (C=O) groups excluding carboxylic acids is 2. The van der Waals surface area contributed by atoms with Crippen molar-refractivity contribution >= 4 is 17.5 Å². The monoisotopic (exact) mass is 304 g/mol. The van der Waals surface area contributed by atoms with E-state index in [2.05, 4.69) is 5.32 Å². The third-order valence-corrected chi connectivity index (χ3v) is 2.71. The summed E-state index contributed by atoms with van der Waals surface area (Å²) in [7, 11) is 0. The SMILES string of the molecule is O=C1COc2ccc(C(=O)NCC(O)C(F)(F)F)cc2N1. The smallest absolute Gasteiger partial charge is 0.416 e. The van der Waals surface area contributed by atoms with Gasteiger partial charge in [0, 0.05) is 5.56 Å². The van der Waals surface area contributed by atoms with E-state index in [1.54, 1.807) is 0 Å². The van der Waals surface area contributed by atoms with Crippen LogP contribution in [0.3, 0.4) is 0 Å². The van der Waals surface area contributed by atoms with E-state index in [-0.39, 0.29) is 17.9 Å². The number of hydrogen-bond acceptors (Lipinski definition) is 4. The van der Waals surface area contributed by atoms with E-state index in [0.717, 1.165) is 0 Å². The van der Waals surface area contributed by atoms with Crippen LogP contribution < -0.4 is 15.4 Å². The minimum absolute atomic E-state index is 0.0360. The van der Waals surface area contributed by atoms with Crippen molar-refractivity contribution in [2.45, 2.75) is 12.3 Å². The Morgan fingerprint density at radius 3 is 2.86 bits per heavy atom. The molecule has 3 N–H and O–H groups in total. The first-order valence-electron chi connectivity index (χ1n) is 5.87. The van der Waals surface area contributed by atoms with Gasteiger partial charge >= 0.3 is 6.18 Å². The molecule has 0 bridgehead atoms. The van der Waals surface area contributed by atoms with Crippen molar-refractivity contribution in [2.75, 3.05) is 18.5 Å². The molecule has 1 unspecified atom stereocenters. The van der Waals surface area contributed by atoms with Crippen molar-refractivity contribution in [3.05, 3.63) is 23.8 Å². The molecule has 0 fully saturated rings. The second kappa shape index (κ2) is 5.60. The van der Waals surface area contributed by atoms with Crippen molar-refractivity contribution in [1.82, 2.24) is 5.32 Å². The van der Waals surface area contributed by atoms with Gasteiger partial charge in [-0.2, -0.15) is 13.2 Å². The normalized spacial score (nSPS) is 15.5. The number of nitrogens with one attached hydrogen (secondary N) is 2. The predicted molar refractivity (Wildman–Crippen MR) is 65.0 cm³/mol. The number of benzene rings is 1. The van der Waals surface area contributed by atoms with Gasteiger partial charge in [-0.05, 0) is 18.2 Å². The highest BCUT2D eigenvalue weighted by Gasteiger charge is 2.38. The summed E-state index contributed by atoms with van der Waals surface area (Å²) in [4.78, 5) is 22.8. The summed E-state index contributed by atoms with van der Waals surface area (Å²) in [5.41, 5.74) is 0.296. The number of aliphatic hydroxyl groups is 1. The zero-order valence-corrected chi connectivity index (χ0v) is 10.5. The lowest BCUT2D eigenvalue weighted by molar-refractivity contribution is -0.201. The van der Waals surface area contributed by atoms with Crippen LogP contribution in [0.1, 0.15) is 10.4 Å². The molecule has 1 aromatic carbocycles. The molecule has 0 saturated heterocycles. The fourth-order valence-electron chi connectivity index (χ4n) is 1.63. The summed E-state index contributed by atoms with van der Waals surface area (Å²) >= 11 is 0. The number of carbonyl (C=O) groups is 2. The highest BCUT2D eigenvalue weighted by atomic mass is 19.4. The molecule has 21 heavy (non-hydrogen) atoms. The largest absolute Gasteiger partial charge is 0.482 e. The molecular formula is C12H11F3N2O4. The Kier molecular flexibility index (Phi) is 4.03. The van der Waals surface area contributed by atoms with E-state index < -0.39 is 30.6 Å². The zero-order chi connectivity index (χ0) is 15.6. The zero-order valence-electron chi connectivity index (χ0n) is 10.5. The van der Waals surface area contributed by atoms with Crippen molar-refractivity contribution in [1.29, 1.82) is 0 Å². The molecule has 0 spiro atoms. The van der Waals surface area contributed by atoms with Crippen molar-refractivity contribution in [3.63, 3.8) is 0 Å². The molecule has 0 saturated carbocycles. The van der Waals surface area contributed by atoms with Gasteiger partial charge in [0.25, 0.3) is 11.8 Å². The number of halogens is 3. The van der Waals surface area contributed by atoms with Crippen molar-refractivity contribution < 1.29 is 32.6 Å². The van der Waals surface area contributed by atoms with Gasteiger partial charge in [-0.15, -0.1) is 0 Å². The van der Waals surface area contributed by atoms with Gasteiger partial charge in [0.2, 0.25) is 0 Å². The van der Waals surface area contributed by atoms with Crippen LogP contribution in [0.5, 0.6) is 5.75 Å². The van der Waals surface area contributed by atoms with Crippen LogP contribution in [-0.2, 0) is 4.79 Å². The Morgan fingerprint density at radius 2 is 2.19 bits per heavy atom. The average molecular weight is 304 g/mol. The molecule has 1 aromatic rings. The molecule has 6 nitrogen and oxygen atoms in total. The van der Waals surface area contributed by atoms with E-state index in [9.17, 15) is 22.8 Å². The van der Waals surface area contributed by atoms with Crippen LogP contribution in [0, 0.1) is 0 Å². The maximum absolute atomic E-state index is 12.1. The van der Waals surface area contributed by atoms with Gasteiger partial charge in [0.15, 0.2) is 12.7 Å². The van der Waals surface area contributed by atoms with Gasteiger partial charge in [-0.3, -0.25) is 9.59 Å². The number of ether oxygens (including phenoxy) is 1.